The van der Waals surface area contributed by atoms with E-state index >= 15 is 0 Å². The van der Waals surface area contributed by atoms with Crippen molar-refractivity contribution in [2.45, 2.75) is 100.0 Å². The number of rotatable bonds is 9. The lowest BCUT2D eigenvalue weighted by atomic mass is 9.72. The largest absolute Gasteiger partial charge is 0.507 e. The summed E-state index contributed by atoms with van der Waals surface area (Å²) in [7, 11) is 1.29. The molecule has 0 amide bonds. The number of benzene rings is 2. The van der Waals surface area contributed by atoms with Gasteiger partial charge in [0, 0.05) is 36.0 Å². The minimum atomic E-state index is -2.19. The topological polar surface area (TPSA) is 308 Å². The van der Waals surface area contributed by atoms with Crippen molar-refractivity contribution in [1.82, 2.24) is 0 Å². The van der Waals surface area contributed by atoms with Gasteiger partial charge in [0.15, 0.2) is 24.1 Å². The highest BCUT2D eigenvalue weighted by atomic mass is 16.7. The minimum absolute atomic E-state index is 0.0380. The lowest BCUT2D eigenvalue weighted by molar-refractivity contribution is -0.245. The number of aromatic hydroxyl groups is 2. The molecule has 300 valence electrons. The molecule has 3 aromatic rings. The SMILES string of the molecule is COc1cccc2c1C(=O)c1c(O)c3c(c(O)c1C2=O)C[C@@](O)(C(C)=O)C[C@@H]3O[C@H]1C[C@H](Nc2c(N[C@H]3C(O)O[C@H](CO)[C@H](O)[C@@H]3O)c(=O)c2=O)[C@H](O)[C@H](C)O1. The van der Waals surface area contributed by atoms with Crippen LogP contribution in [0.25, 0.3) is 0 Å². The molecular formula is C37H40N2O17. The Hall–Kier alpha value is -4.83. The van der Waals surface area contributed by atoms with Gasteiger partial charge in [-0.3, -0.25) is 24.0 Å². The minimum Gasteiger partial charge on any atom is -0.507 e. The fourth-order valence-electron chi connectivity index (χ4n) is 8.04. The molecule has 2 heterocycles. The van der Waals surface area contributed by atoms with Crippen LogP contribution in [0.1, 0.15) is 75.8 Å². The van der Waals surface area contributed by atoms with E-state index in [1.165, 1.54) is 32.2 Å². The number of carbonyl (C=O) groups excluding carboxylic acids is 3. The number of phenols is 2. The molecule has 1 unspecified atom stereocenters. The zero-order chi connectivity index (χ0) is 40.7. The van der Waals surface area contributed by atoms with Gasteiger partial charge in [-0.2, -0.15) is 0 Å². The van der Waals surface area contributed by atoms with E-state index in [1.54, 1.807) is 0 Å². The second-order valence-electron chi connectivity index (χ2n) is 14.5. The molecule has 0 radical (unpaired) electrons. The number of fused-ring (bicyclic) bond motifs is 3. The summed E-state index contributed by atoms with van der Waals surface area (Å²) in [5.74, 6) is -3.86. The van der Waals surface area contributed by atoms with E-state index in [0.717, 1.165) is 6.92 Å². The van der Waals surface area contributed by atoms with Crippen LogP contribution in [-0.4, -0.2) is 133 Å². The lowest BCUT2D eigenvalue weighted by Crippen LogP contribution is -2.62. The van der Waals surface area contributed by atoms with Gasteiger partial charge in [-0.15, -0.1) is 0 Å². The van der Waals surface area contributed by atoms with Gasteiger partial charge in [-0.25, -0.2) is 0 Å². The summed E-state index contributed by atoms with van der Waals surface area (Å²) in [5, 5.41) is 91.9. The first kappa shape index (κ1) is 39.4. The van der Waals surface area contributed by atoms with Crippen molar-refractivity contribution < 1.29 is 74.2 Å². The summed E-state index contributed by atoms with van der Waals surface area (Å²) in [6.45, 7) is 1.82. The summed E-state index contributed by atoms with van der Waals surface area (Å²) in [6.07, 6.45) is -13.2. The van der Waals surface area contributed by atoms with Crippen LogP contribution in [0.4, 0.5) is 11.4 Å². The molecule has 0 bridgehead atoms. The fourth-order valence-corrected chi connectivity index (χ4v) is 8.04. The molecule has 19 heteroatoms. The Balaban J connectivity index is 1.20. The Morgan fingerprint density at radius 3 is 2.21 bits per heavy atom. The first-order valence-electron chi connectivity index (χ1n) is 17.7. The van der Waals surface area contributed by atoms with E-state index in [2.05, 4.69) is 10.6 Å². The number of aliphatic hydroxyl groups is 6. The highest BCUT2D eigenvalue weighted by molar-refractivity contribution is 6.31. The maximum Gasteiger partial charge on any atom is 0.253 e. The van der Waals surface area contributed by atoms with Crippen LogP contribution in [0.15, 0.2) is 27.8 Å². The van der Waals surface area contributed by atoms with Crippen molar-refractivity contribution in [1.29, 1.82) is 0 Å². The maximum atomic E-state index is 13.9. The molecule has 56 heavy (non-hydrogen) atoms. The second kappa shape index (κ2) is 14.3. The van der Waals surface area contributed by atoms with Gasteiger partial charge in [0.25, 0.3) is 10.9 Å². The zero-order valence-electron chi connectivity index (χ0n) is 30.1. The zero-order valence-corrected chi connectivity index (χ0v) is 30.1. The van der Waals surface area contributed by atoms with E-state index in [1.807, 2.05) is 0 Å². The van der Waals surface area contributed by atoms with Crippen molar-refractivity contribution in [2.75, 3.05) is 24.4 Å². The number of hydrogen-bond acceptors (Lipinski definition) is 19. The predicted octanol–water partition coefficient (Wildman–Crippen LogP) is -2.01. The van der Waals surface area contributed by atoms with Crippen LogP contribution >= 0.6 is 0 Å². The molecule has 2 fully saturated rings. The molecule has 19 nitrogen and oxygen atoms in total. The average molecular weight is 785 g/mol. The lowest BCUT2D eigenvalue weighted by Gasteiger charge is -2.43. The van der Waals surface area contributed by atoms with Crippen molar-refractivity contribution in [2.24, 2.45) is 0 Å². The number of ether oxygens (including phenoxy) is 4. The molecule has 0 saturated carbocycles. The van der Waals surface area contributed by atoms with E-state index in [-0.39, 0.29) is 40.1 Å². The van der Waals surface area contributed by atoms with Gasteiger partial charge in [-0.05, 0) is 19.9 Å². The Labute approximate surface area is 316 Å². The van der Waals surface area contributed by atoms with Gasteiger partial charge in [0.2, 0.25) is 5.78 Å². The van der Waals surface area contributed by atoms with Gasteiger partial charge in [0.05, 0.1) is 48.7 Å². The number of ketones is 3. The van der Waals surface area contributed by atoms with Crippen LogP contribution in [0, 0.1) is 0 Å². The van der Waals surface area contributed by atoms with Crippen molar-refractivity contribution in [3.05, 3.63) is 72.0 Å². The molecule has 0 aromatic heterocycles. The van der Waals surface area contributed by atoms with Gasteiger partial charge in [-0.1, -0.05) is 12.1 Å². The highest BCUT2D eigenvalue weighted by Gasteiger charge is 2.50. The quantitative estimate of drug-likeness (QED) is 0.0648. The number of hydrogen-bond donors (Lipinski definition) is 10. The van der Waals surface area contributed by atoms with E-state index in [9.17, 15) is 64.8 Å². The Kier molecular flexibility index (Phi) is 10.0. The van der Waals surface area contributed by atoms with E-state index in [0.29, 0.717) is 0 Å². The Morgan fingerprint density at radius 1 is 0.911 bits per heavy atom. The Bertz CT molecular complexity index is 2200. The van der Waals surface area contributed by atoms with Crippen LogP contribution in [-0.2, 0) is 25.4 Å². The Morgan fingerprint density at radius 2 is 1.57 bits per heavy atom. The van der Waals surface area contributed by atoms with Gasteiger partial charge >= 0.3 is 0 Å². The summed E-state index contributed by atoms with van der Waals surface area (Å²) >= 11 is 0. The molecule has 3 aromatic carbocycles. The molecule has 11 atom stereocenters. The summed E-state index contributed by atoms with van der Waals surface area (Å²) in [6, 6.07) is 1.63. The number of anilines is 2. The van der Waals surface area contributed by atoms with Crippen molar-refractivity contribution >= 4 is 28.7 Å². The standard InChI is InChI=1S/C37H40N2O17/c1-11-27(42)15(38-24-25(34(49)33(24)48)39-26-35(50)30(45)18(10-40)56-36(26)51)7-19(54-11)55-17-9-37(52,12(2)41)8-14-21(17)32(47)23-22(29(14)44)28(43)13-5-4-6-16(53-3)20(13)31(23)46/h4-6,11,15,17-19,26-27,30,35-36,38-40,42,44-45,47,50-52H,7-10H2,1-3H3/t11-,15-,17-,18+,19-,26+,27+,30-,35+,36?,37-/m0/s1. The predicted molar refractivity (Wildman–Crippen MR) is 189 cm³/mol. The monoisotopic (exact) mass is 784 g/mol. The summed E-state index contributed by atoms with van der Waals surface area (Å²) < 4.78 is 22.6. The molecule has 7 rings (SSSR count). The fraction of sp³-hybridized carbons (Fsp3) is 0.486. The third-order valence-corrected chi connectivity index (χ3v) is 11.2. The summed E-state index contributed by atoms with van der Waals surface area (Å²) in [4.78, 5) is 65.9. The molecule has 2 saturated heterocycles. The number of Topliss-reactive ketones (excluding diaryl/α,β-unsaturated/α-hetero) is 1. The molecule has 2 aliphatic heterocycles. The number of phenolic OH excluding ortho intramolecular Hbond substituents is 2. The van der Waals surface area contributed by atoms with Crippen LogP contribution in [0.5, 0.6) is 17.2 Å². The van der Waals surface area contributed by atoms with Crippen LogP contribution < -0.4 is 26.2 Å². The average Bonchev–Trinajstić information content (AvgIpc) is 3.16. The number of aliphatic hydroxyl groups excluding tert-OH is 5. The highest BCUT2D eigenvalue weighted by Crippen LogP contribution is 2.52. The smallest absolute Gasteiger partial charge is 0.253 e. The first-order valence-corrected chi connectivity index (χ1v) is 17.7. The first-order chi connectivity index (χ1) is 26.4. The van der Waals surface area contributed by atoms with Crippen molar-refractivity contribution in [3.63, 3.8) is 0 Å². The third kappa shape index (κ3) is 6.06. The second-order valence-corrected chi connectivity index (χ2v) is 14.5. The maximum absolute atomic E-state index is 13.9. The van der Waals surface area contributed by atoms with E-state index < -0.39 is 143 Å². The van der Waals surface area contributed by atoms with Gasteiger partial charge in [0.1, 0.15) is 64.7 Å². The van der Waals surface area contributed by atoms with Crippen molar-refractivity contribution in [3.8, 4) is 17.2 Å². The third-order valence-electron chi connectivity index (χ3n) is 11.2. The van der Waals surface area contributed by atoms with Gasteiger partial charge < -0.3 is 70.4 Å². The van der Waals surface area contributed by atoms with Crippen LogP contribution in [0.2, 0.25) is 0 Å². The summed E-state index contributed by atoms with van der Waals surface area (Å²) in [5.41, 5.74) is -6.80. The van der Waals surface area contributed by atoms with Crippen LogP contribution in [0.3, 0.4) is 0 Å². The number of carbonyl (C=O) groups is 3. The molecule has 4 aliphatic rings. The van der Waals surface area contributed by atoms with E-state index in [4.69, 9.17) is 18.9 Å². The normalized spacial score (nSPS) is 32.7. The molecule has 10 N–H and O–H groups in total. The molecular weight excluding hydrogens is 744 g/mol. The molecule has 0 spiro atoms. The molecule has 2 aliphatic carbocycles. The number of methoxy groups -OCH3 is 1. The number of nitrogens with one attached hydrogen (secondary N) is 2.